The number of aromatic nitrogens is 5. The zero-order valence-electron chi connectivity index (χ0n) is 17.0. The highest BCUT2D eigenvalue weighted by Crippen LogP contribution is 2.38. The highest BCUT2D eigenvalue weighted by Gasteiger charge is 2.37. The Kier molecular flexibility index (Phi) is 6.25. The number of hydrogen-bond acceptors (Lipinski definition) is 5. The lowest BCUT2D eigenvalue weighted by molar-refractivity contribution is -0.143. The Hall–Kier alpha value is -3.77. The molecule has 2 heterocycles. The monoisotopic (exact) mass is 471 g/mol. The summed E-state index contributed by atoms with van der Waals surface area (Å²) < 4.78 is 80.1. The Labute approximate surface area is 182 Å². The molecule has 33 heavy (non-hydrogen) atoms. The van der Waals surface area contributed by atoms with Crippen LogP contribution in [0.5, 0.6) is 0 Å². The Morgan fingerprint density at radius 2 is 1.52 bits per heavy atom. The van der Waals surface area contributed by atoms with Gasteiger partial charge in [-0.15, -0.1) is 5.10 Å². The van der Waals surface area contributed by atoms with Crippen LogP contribution in [-0.2, 0) is 17.1 Å². The van der Waals surface area contributed by atoms with Crippen molar-refractivity contribution < 1.29 is 36.2 Å². The van der Waals surface area contributed by atoms with E-state index >= 15 is 0 Å². The molecule has 0 atom stereocenters. The molecule has 1 aromatic carbocycles. The highest BCUT2D eigenvalue weighted by atomic mass is 19.4. The van der Waals surface area contributed by atoms with Crippen molar-refractivity contribution in [2.24, 2.45) is 5.92 Å². The molecule has 3 rings (SSSR count). The lowest BCUT2D eigenvalue weighted by Gasteiger charge is -2.15. The topological polar surface area (TPSA) is 93.8 Å². The second-order valence-electron chi connectivity index (χ2n) is 7.15. The summed E-state index contributed by atoms with van der Waals surface area (Å²) in [4.78, 5) is 23.4. The van der Waals surface area contributed by atoms with Crippen molar-refractivity contribution in [1.82, 2.24) is 24.7 Å². The van der Waals surface area contributed by atoms with Crippen LogP contribution in [0.15, 0.2) is 43.2 Å². The number of hydrogen-bond donors (Lipinski definition) is 1. The second-order valence-corrected chi connectivity index (χ2v) is 7.15. The van der Waals surface area contributed by atoms with Crippen LogP contribution < -0.4 is 0 Å². The lowest BCUT2D eigenvalue weighted by atomic mass is 10.00. The van der Waals surface area contributed by atoms with Crippen LogP contribution in [0.1, 0.15) is 30.5 Å². The van der Waals surface area contributed by atoms with Gasteiger partial charge < -0.3 is 5.11 Å². The summed E-state index contributed by atoms with van der Waals surface area (Å²) in [6.45, 7) is 3.27. The number of carboxylic acids is 1. The van der Waals surface area contributed by atoms with Crippen molar-refractivity contribution in [3.8, 4) is 11.4 Å². The molecule has 174 valence electrons. The van der Waals surface area contributed by atoms with E-state index in [1.165, 1.54) is 18.7 Å². The molecule has 0 saturated carbocycles. The predicted molar refractivity (Wildman–Crippen MR) is 103 cm³/mol. The number of carboxylic acid groups (broad SMARTS) is 1. The molecule has 0 radical (unpaired) electrons. The standard InChI is InChI=1S/C20H15F6N5O2/c1-10(2)16(15(18(32)33)12-6-27-8-28-7-12)31-9-29-17(30-31)11-3-13(19(21,22)23)5-14(4-11)20(24,25)26/h3-10H,1-2H3,(H,32,33). The van der Waals surface area contributed by atoms with E-state index in [4.69, 9.17) is 0 Å². The van der Waals surface area contributed by atoms with Crippen molar-refractivity contribution in [3.63, 3.8) is 0 Å². The minimum absolute atomic E-state index is 0.00210. The Morgan fingerprint density at radius 1 is 0.970 bits per heavy atom. The molecule has 0 aliphatic carbocycles. The van der Waals surface area contributed by atoms with Gasteiger partial charge in [-0.25, -0.2) is 24.4 Å². The first-order valence-corrected chi connectivity index (χ1v) is 9.23. The number of alkyl halides is 6. The smallest absolute Gasteiger partial charge is 0.416 e. The maximum atomic E-state index is 13.2. The molecule has 7 nitrogen and oxygen atoms in total. The van der Waals surface area contributed by atoms with E-state index in [1.807, 2.05) is 0 Å². The lowest BCUT2D eigenvalue weighted by Crippen LogP contribution is -2.13. The molecule has 2 aromatic heterocycles. The molecule has 1 N–H and O–H groups in total. The van der Waals surface area contributed by atoms with Gasteiger partial charge in [-0.3, -0.25) is 0 Å². The summed E-state index contributed by atoms with van der Waals surface area (Å²) in [5, 5.41) is 13.7. The molecule has 3 aromatic rings. The van der Waals surface area contributed by atoms with E-state index in [0.29, 0.717) is 12.1 Å². The number of rotatable bonds is 5. The fraction of sp³-hybridized carbons (Fsp3) is 0.250. The summed E-state index contributed by atoms with van der Waals surface area (Å²) in [6, 6.07) is 0.992. The van der Waals surface area contributed by atoms with Gasteiger partial charge in [0.2, 0.25) is 0 Å². The summed E-state index contributed by atoms with van der Waals surface area (Å²) >= 11 is 0. The largest absolute Gasteiger partial charge is 0.478 e. The summed E-state index contributed by atoms with van der Waals surface area (Å²) in [7, 11) is 0. The molecule has 0 fully saturated rings. The van der Waals surface area contributed by atoms with E-state index in [1.54, 1.807) is 13.8 Å². The van der Waals surface area contributed by atoms with Crippen molar-refractivity contribution >= 4 is 17.2 Å². The minimum atomic E-state index is -5.04. The first kappa shape index (κ1) is 23.9. The van der Waals surface area contributed by atoms with Gasteiger partial charge in [-0.05, 0) is 24.1 Å². The van der Waals surface area contributed by atoms with Crippen molar-refractivity contribution in [2.45, 2.75) is 26.2 Å². The highest BCUT2D eigenvalue weighted by molar-refractivity contribution is 6.21. The molecule has 0 aliphatic heterocycles. The van der Waals surface area contributed by atoms with Gasteiger partial charge in [0.1, 0.15) is 12.7 Å². The van der Waals surface area contributed by atoms with Gasteiger partial charge in [-0.2, -0.15) is 26.3 Å². The van der Waals surface area contributed by atoms with E-state index in [2.05, 4.69) is 20.1 Å². The molecular weight excluding hydrogens is 456 g/mol. The zero-order chi connectivity index (χ0) is 24.6. The summed E-state index contributed by atoms with van der Waals surface area (Å²) in [5.74, 6) is -2.29. The maximum absolute atomic E-state index is 13.2. The molecule has 0 unspecified atom stereocenters. The van der Waals surface area contributed by atoms with Gasteiger partial charge in [-0.1, -0.05) is 13.8 Å². The van der Waals surface area contributed by atoms with E-state index in [9.17, 15) is 36.2 Å². The van der Waals surface area contributed by atoms with Crippen LogP contribution in [-0.4, -0.2) is 35.8 Å². The third-order valence-corrected chi connectivity index (χ3v) is 4.45. The van der Waals surface area contributed by atoms with Crippen molar-refractivity contribution in [2.75, 3.05) is 0 Å². The molecular formula is C20H15F6N5O2. The van der Waals surface area contributed by atoms with Crippen molar-refractivity contribution in [3.05, 3.63) is 59.9 Å². The van der Waals surface area contributed by atoms with Gasteiger partial charge >= 0.3 is 18.3 Å². The van der Waals surface area contributed by atoms with Crippen LogP contribution in [0.3, 0.4) is 0 Å². The zero-order valence-corrected chi connectivity index (χ0v) is 17.0. The van der Waals surface area contributed by atoms with Gasteiger partial charge in [0, 0.05) is 23.5 Å². The fourth-order valence-corrected chi connectivity index (χ4v) is 3.07. The molecule has 0 amide bonds. The van der Waals surface area contributed by atoms with Crippen LogP contribution in [0, 0.1) is 5.92 Å². The number of benzene rings is 1. The first-order chi connectivity index (χ1) is 15.3. The molecule has 0 spiro atoms. The van der Waals surface area contributed by atoms with Crippen LogP contribution in [0.4, 0.5) is 26.3 Å². The molecule has 0 saturated heterocycles. The van der Waals surface area contributed by atoms with E-state index < -0.39 is 46.8 Å². The Bertz CT molecular complexity index is 1170. The Morgan fingerprint density at radius 3 is 1.97 bits per heavy atom. The third kappa shape index (κ3) is 5.18. The van der Waals surface area contributed by atoms with E-state index in [-0.39, 0.29) is 22.9 Å². The number of carbonyl (C=O) groups is 1. The second kappa shape index (κ2) is 8.64. The van der Waals surface area contributed by atoms with Crippen LogP contribution >= 0.6 is 0 Å². The number of halogens is 6. The van der Waals surface area contributed by atoms with Crippen molar-refractivity contribution in [1.29, 1.82) is 0 Å². The number of nitrogens with zero attached hydrogens (tertiary/aromatic N) is 5. The Balaban J connectivity index is 2.20. The molecule has 13 heteroatoms. The van der Waals surface area contributed by atoms with Gasteiger partial charge in [0.25, 0.3) is 0 Å². The quantitative estimate of drug-likeness (QED) is 0.421. The normalized spacial score (nSPS) is 13.2. The SMILES string of the molecule is CC(C)C(=C(C(=O)O)c1cncnc1)n1cnc(-c2cc(C(F)(F)F)cc(C(F)(F)F)c2)n1. The average Bonchev–Trinajstić information content (AvgIpc) is 3.20. The van der Waals surface area contributed by atoms with E-state index in [0.717, 1.165) is 11.0 Å². The predicted octanol–water partition coefficient (Wildman–Crippen LogP) is 4.88. The number of allylic oxidation sites excluding steroid dienone is 1. The minimum Gasteiger partial charge on any atom is -0.478 e. The molecule has 0 aliphatic rings. The maximum Gasteiger partial charge on any atom is 0.416 e. The molecule has 0 bridgehead atoms. The summed E-state index contributed by atoms with van der Waals surface area (Å²) in [5.41, 5.74) is -3.60. The van der Waals surface area contributed by atoms with Crippen LogP contribution in [0.25, 0.3) is 22.7 Å². The first-order valence-electron chi connectivity index (χ1n) is 9.23. The van der Waals surface area contributed by atoms with Crippen LogP contribution in [0.2, 0.25) is 0 Å². The average molecular weight is 471 g/mol. The number of aliphatic carboxylic acids is 1. The summed E-state index contributed by atoms with van der Waals surface area (Å²) in [6.07, 6.45) is -5.36. The van der Waals surface area contributed by atoms with Gasteiger partial charge in [0.05, 0.1) is 22.4 Å². The van der Waals surface area contributed by atoms with Gasteiger partial charge in [0.15, 0.2) is 5.82 Å². The third-order valence-electron chi connectivity index (χ3n) is 4.45. The fourth-order valence-electron chi connectivity index (χ4n) is 3.07.